The molecule has 2 atom stereocenters. The molecule has 1 heterocycles. The Morgan fingerprint density at radius 1 is 1.21 bits per heavy atom. The van der Waals surface area contributed by atoms with Crippen molar-refractivity contribution < 1.29 is 9.53 Å². The lowest BCUT2D eigenvalue weighted by Gasteiger charge is -2.34. The number of nitrogens with two attached hydrogens (primary N) is 1. The average molecular weight is 345 g/mol. The van der Waals surface area contributed by atoms with Crippen LogP contribution in [0.4, 0.5) is 0 Å². The highest BCUT2D eigenvalue weighted by Gasteiger charge is 2.27. The Morgan fingerprint density at radius 2 is 1.92 bits per heavy atom. The average Bonchev–Trinajstić information content (AvgIpc) is 2.63. The van der Waals surface area contributed by atoms with Crippen molar-refractivity contribution in [1.29, 1.82) is 0 Å². The predicted molar refractivity (Wildman–Crippen MR) is 94.7 cm³/mol. The molecule has 0 spiro atoms. The molecule has 1 saturated heterocycles. The standard InChI is InChI=1S/C19H21ClN2O2/c20-16-9-5-4-8-15(16)18-13-22(10-11-24-18)19(23)12-17(21)14-6-2-1-3-7-14/h1-9,17-18H,10-13,21H2. The van der Waals surface area contributed by atoms with E-state index in [0.29, 0.717) is 31.1 Å². The number of benzene rings is 2. The second kappa shape index (κ2) is 7.79. The van der Waals surface area contributed by atoms with E-state index in [2.05, 4.69) is 0 Å². The van der Waals surface area contributed by atoms with Crippen LogP contribution in [0.1, 0.15) is 29.7 Å². The molecule has 0 saturated carbocycles. The van der Waals surface area contributed by atoms with E-state index < -0.39 is 0 Å². The number of carbonyl (C=O) groups excluding carboxylic acids is 1. The van der Waals surface area contributed by atoms with Crippen LogP contribution in [0.2, 0.25) is 5.02 Å². The number of ether oxygens (including phenoxy) is 1. The van der Waals surface area contributed by atoms with Crippen LogP contribution in [-0.4, -0.2) is 30.5 Å². The number of amides is 1. The molecule has 2 unspecified atom stereocenters. The first-order valence-corrected chi connectivity index (χ1v) is 8.47. The van der Waals surface area contributed by atoms with Gasteiger partial charge in [-0.25, -0.2) is 0 Å². The van der Waals surface area contributed by atoms with E-state index in [9.17, 15) is 4.79 Å². The van der Waals surface area contributed by atoms with Crippen LogP contribution in [0.15, 0.2) is 54.6 Å². The van der Waals surface area contributed by atoms with Crippen molar-refractivity contribution in [1.82, 2.24) is 4.90 Å². The van der Waals surface area contributed by atoms with E-state index in [1.54, 1.807) is 0 Å². The minimum atomic E-state index is -0.291. The minimum Gasteiger partial charge on any atom is -0.370 e. The lowest BCUT2D eigenvalue weighted by molar-refractivity contribution is -0.139. The lowest BCUT2D eigenvalue weighted by Crippen LogP contribution is -2.43. The molecule has 1 aliphatic rings. The first-order valence-electron chi connectivity index (χ1n) is 8.09. The Labute approximate surface area is 147 Å². The first-order chi connectivity index (χ1) is 11.6. The van der Waals surface area contributed by atoms with E-state index in [0.717, 1.165) is 11.1 Å². The highest BCUT2D eigenvalue weighted by Crippen LogP contribution is 2.29. The van der Waals surface area contributed by atoms with Crippen molar-refractivity contribution in [2.75, 3.05) is 19.7 Å². The molecule has 0 aromatic heterocycles. The van der Waals surface area contributed by atoms with E-state index in [-0.39, 0.29) is 18.1 Å². The third-order valence-corrected chi connectivity index (χ3v) is 4.64. The highest BCUT2D eigenvalue weighted by molar-refractivity contribution is 6.31. The maximum Gasteiger partial charge on any atom is 0.224 e. The van der Waals surface area contributed by atoms with Crippen molar-refractivity contribution >= 4 is 17.5 Å². The smallest absolute Gasteiger partial charge is 0.224 e. The van der Waals surface area contributed by atoms with Gasteiger partial charge < -0.3 is 15.4 Å². The van der Waals surface area contributed by atoms with E-state index >= 15 is 0 Å². The number of halogens is 1. The van der Waals surface area contributed by atoms with Gasteiger partial charge in [0.15, 0.2) is 0 Å². The zero-order chi connectivity index (χ0) is 16.9. The van der Waals surface area contributed by atoms with Crippen molar-refractivity contribution in [3.8, 4) is 0 Å². The lowest BCUT2D eigenvalue weighted by atomic mass is 10.0. The van der Waals surface area contributed by atoms with Gasteiger partial charge in [0.1, 0.15) is 6.10 Å². The largest absolute Gasteiger partial charge is 0.370 e. The Bertz CT molecular complexity index is 693. The summed E-state index contributed by atoms with van der Waals surface area (Å²) in [6.45, 7) is 1.59. The number of hydrogen-bond donors (Lipinski definition) is 1. The van der Waals surface area contributed by atoms with Crippen LogP contribution < -0.4 is 5.73 Å². The molecule has 2 aromatic carbocycles. The third kappa shape index (κ3) is 3.96. The summed E-state index contributed by atoms with van der Waals surface area (Å²) in [5.41, 5.74) is 8.07. The minimum absolute atomic E-state index is 0.0479. The number of nitrogens with zero attached hydrogens (tertiary/aromatic N) is 1. The Balaban J connectivity index is 1.64. The predicted octanol–water partition coefficient (Wildman–Crippen LogP) is 3.33. The van der Waals surface area contributed by atoms with Crippen LogP contribution in [0, 0.1) is 0 Å². The summed E-state index contributed by atoms with van der Waals surface area (Å²) in [5.74, 6) is 0.0479. The van der Waals surface area contributed by atoms with Gasteiger partial charge in [-0.3, -0.25) is 4.79 Å². The quantitative estimate of drug-likeness (QED) is 0.925. The molecule has 1 aliphatic heterocycles. The van der Waals surface area contributed by atoms with Crippen LogP contribution in [0.3, 0.4) is 0 Å². The van der Waals surface area contributed by atoms with Gasteiger partial charge in [0.2, 0.25) is 5.91 Å². The molecule has 126 valence electrons. The number of carbonyl (C=O) groups is 1. The van der Waals surface area contributed by atoms with Crippen LogP contribution in [0.5, 0.6) is 0 Å². The third-order valence-electron chi connectivity index (χ3n) is 4.29. The van der Waals surface area contributed by atoms with E-state index in [1.165, 1.54) is 0 Å². The van der Waals surface area contributed by atoms with Crippen molar-refractivity contribution in [3.05, 3.63) is 70.7 Å². The van der Waals surface area contributed by atoms with Crippen molar-refractivity contribution in [2.45, 2.75) is 18.6 Å². The Kier molecular flexibility index (Phi) is 5.51. The maximum absolute atomic E-state index is 12.6. The fourth-order valence-corrected chi connectivity index (χ4v) is 3.19. The first kappa shape index (κ1) is 17.0. The zero-order valence-corrected chi connectivity index (χ0v) is 14.2. The summed E-state index contributed by atoms with van der Waals surface area (Å²) in [5, 5.41) is 0.665. The second-order valence-corrected chi connectivity index (χ2v) is 6.35. The van der Waals surface area contributed by atoms with Crippen LogP contribution in [-0.2, 0) is 9.53 Å². The van der Waals surface area contributed by atoms with Gasteiger partial charge in [0.05, 0.1) is 13.2 Å². The monoisotopic (exact) mass is 344 g/mol. The summed E-state index contributed by atoms with van der Waals surface area (Å²) in [6, 6.07) is 17.0. The Hall–Kier alpha value is -1.88. The van der Waals surface area contributed by atoms with Crippen LogP contribution in [0.25, 0.3) is 0 Å². The van der Waals surface area contributed by atoms with Crippen molar-refractivity contribution in [2.24, 2.45) is 5.73 Å². The van der Waals surface area contributed by atoms with Gasteiger partial charge in [-0.1, -0.05) is 60.1 Å². The number of morpholine rings is 1. The molecular formula is C19H21ClN2O2. The molecule has 2 N–H and O–H groups in total. The molecule has 0 aliphatic carbocycles. The molecule has 3 rings (SSSR count). The van der Waals surface area contributed by atoms with Gasteiger partial charge in [-0.2, -0.15) is 0 Å². The van der Waals surface area contributed by atoms with Gasteiger partial charge in [-0.15, -0.1) is 0 Å². The van der Waals surface area contributed by atoms with Gasteiger partial charge in [0.25, 0.3) is 0 Å². The molecule has 5 heteroatoms. The molecule has 0 bridgehead atoms. The van der Waals surface area contributed by atoms with Crippen LogP contribution >= 0.6 is 11.6 Å². The fraction of sp³-hybridized carbons (Fsp3) is 0.316. The summed E-state index contributed by atoms with van der Waals surface area (Å²) >= 11 is 6.25. The van der Waals surface area contributed by atoms with Gasteiger partial charge in [-0.05, 0) is 11.6 Å². The molecule has 0 radical (unpaired) electrons. The fourth-order valence-electron chi connectivity index (χ4n) is 2.94. The molecule has 1 fully saturated rings. The van der Waals surface area contributed by atoms with Gasteiger partial charge >= 0.3 is 0 Å². The molecule has 4 nitrogen and oxygen atoms in total. The van der Waals surface area contributed by atoms with E-state index in [4.69, 9.17) is 22.1 Å². The maximum atomic E-state index is 12.6. The number of rotatable bonds is 4. The van der Waals surface area contributed by atoms with E-state index in [1.807, 2.05) is 59.5 Å². The number of hydrogen-bond acceptors (Lipinski definition) is 3. The molecule has 1 amide bonds. The normalized spacial score (nSPS) is 19.1. The summed E-state index contributed by atoms with van der Waals surface area (Å²) in [4.78, 5) is 14.4. The molecule has 24 heavy (non-hydrogen) atoms. The Morgan fingerprint density at radius 3 is 2.67 bits per heavy atom. The summed E-state index contributed by atoms with van der Waals surface area (Å²) in [7, 11) is 0. The molecule has 2 aromatic rings. The van der Waals surface area contributed by atoms with Gasteiger partial charge in [0, 0.05) is 29.6 Å². The van der Waals surface area contributed by atoms with Crippen molar-refractivity contribution in [3.63, 3.8) is 0 Å². The second-order valence-electron chi connectivity index (χ2n) is 5.94. The molecular weight excluding hydrogens is 324 g/mol. The highest BCUT2D eigenvalue weighted by atomic mass is 35.5. The SMILES string of the molecule is NC(CC(=O)N1CCOC(c2ccccc2Cl)C1)c1ccccc1. The topological polar surface area (TPSA) is 55.6 Å². The summed E-state index contributed by atoms with van der Waals surface area (Å²) in [6.07, 6.45) is 0.101. The zero-order valence-electron chi connectivity index (χ0n) is 13.4. The summed E-state index contributed by atoms with van der Waals surface area (Å²) < 4.78 is 5.81.